The summed E-state index contributed by atoms with van der Waals surface area (Å²) in [7, 11) is 0. The Morgan fingerprint density at radius 2 is 2.32 bits per heavy atom. The molecule has 0 radical (unpaired) electrons. The predicted octanol–water partition coefficient (Wildman–Crippen LogP) is 3.37. The van der Waals surface area contributed by atoms with Gasteiger partial charge in [0.15, 0.2) is 4.96 Å². The Balaban J connectivity index is 1.54. The van der Waals surface area contributed by atoms with E-state index in [-0.39, 0.29) is 0 Å². The van der Waals surface area contributed by atoms with Gasteiger partial charge in [0.25, 0.3) is 0 Å². The number of hydrogen-bond acceptors (Lipinski definition) is 3. The number of nitrogens with one attached hydrogen (secondary N) is 1. The van der Waals surface area contributed by atoms with Crippen molar-refractivity contribution in [2.75, 3.05) is 5.32 Å². The number of benzene rings is 1. The monoisotopic (exact) mass is 269 g/mol. The second-order valence-corrected chi connectivity index (χ2v) is 5.94. The minimum absolute atomic E-state index is 0.500. The van der Waals surface area contributed by atoms with Gasteiger partial charge in [0.1, 0.15) is 0 Å². The van der Waals surface area contributed by atoms with Crippen LogP contribution in [-0.4, -0.2) is 15.4 Å². The van der Waals surface area contributed by atoms with Gasteiger partial charge in [-0.3, -0.25) is 4.40 Å². The molecule has 0 fully saturated rings. The van der Waals surface area contributed by atoms with Gasteiger partial charge >= 0.3 is 0 Å². The van der Waals surface area contributed by atoms with Gasteiger partial charge in [-0.25, -0.2) is 4.98 Å². The summed E-state index contributed by atoms with van der Waals surface area (Å²) in [5, 5.41) is 5.71. The van der Waals surface area contributed by atoms with E-state index < -0.39 is 0 Å². The van der Waals surface area contributed by atoms with Crippen molar-refractivity contribution in [1.29, 1.82) is 0 Å². The highest BCUT2D eigenvalue weighted by Crippen LogP contribution is 2.26. The minimum Gasteiger partial charge on any atom is -0.382 e. The van der Waals surface area contributed by atoms with Gasteiger partial charge < -0.3 is 5.32 Å². The molecule has 0 amide bonds. The molecule has 4 heteroatoms. The first-order valence-electron chi connectivity index (χ1n) is 6.64. The molecule has 0 saturated carbocycles. The summed E-state index contributed by atoms with van der Waals surface area (Å²) >= 11 is 1.69. The zero-order chi connectivity index (χ0) is 12.7. The average Bonchev–Trinajstić information content (AvgIpc) is 2.99. The van der Waals surface area contributed by atoms with E-state index >= 15 is 0 Å². The average molecular weight is 269 g/mol. The lowest BCUT2D eigenvalue weighted by Crippen LogP contribution is -2.27. The molecule has 0 bridgehead atoms. The Bertz CT molecular complexity index is 684. The lowest BCUT2D eigenvalue weighted by atomic mass is 9.95. The van der Waals surface area contributed by atoms with Gasteiger partial charge in [0.05, 0.1) is 5.69 Å². The number of fused-ring (bicyclic) bond motifs is 2. The molecule has 0 saturated heterocycles. The zero-order valence-electron chi connectivity index (χ0n) is 10.5. The van der Waals surface area contributed by atoms with Crippen LogP contribution in [0.3, 0.4) is 0 Å². The Kier molecular flexibility index (Phi) is 2.55. The van der Waals surface area contributed by atoms with Gasteiger partial charge in [0.2, 0.25) is 0 Å². The first-order valence-corrected chi connectivity index (χ1v) is 7.52. The van der Waals surface area contributed by atoms with Crippen LogP contribution in [0.1, 0.15) is 17.7 Å². The van der Waals surface area contributed by atoms with Crippen molar-refractivity contribution in [2.45, 2.75) is 25.3 Å². The van der Waals surface area contributed by atoms with E-state index in [1.54, 1.807) is 11.3 Å². The second-order valence-electron chi connectivity index (χ2n) is 5.07. The quantitative estimate of drug-likeness (QED) is 0.773. The molecule has 1 aliphatic heterocycles. The molecule has 19 heavy (non-hydrogen) atoms. The van der Waals surface area contributed by atoms with Crippen molar-refractivity contribution in [3.63, 3.8) is 0 Å². The number of aromatic nitrogens is 2. The molecule has 4 rings (SSSR count). The van der Waals surface area contributed by atoms with Crippen LogP contribution in [0.2, 0.25) is 0 Å². The van der Waals surface area contributed by atoms with Crippen LogP contribution in [0, 0.1) is 0 Å². The maximum absolute atomic E-state index is 4.66. The van der Waals surface area contributed by atoms with Gasteiger partial charge in [-0.2, -0.15) is 0 Å². The summed E-state index contributed by atoms with van der Waals surface area (Å²) in [4.78, 5) is 5.75. The topological polar surface area (TPSA) is 29.3 Å². The molecular weight excluding hydrogens is 254 g/mol. The predicted molar refractivity (Wildman–Crippen MR) is 78.9 cm³/mol. The number of imidazole rings is 1. The Hall–Kier alpha value is -1.81. The molecule has 3 nitrogen and oxygen atoms in total. The van der Waals surface area contributed by atoms with Gasteiger partial charge in [-0.15, -0.1) is 11.3 Å². The number of aryl methyl sites for hydroxylation is 1. The summed E-state index contributed by atoms with van der Waals surface area (Å²) < 4.78 is 2.11. The fourth-order valence-electron chi connectivity index (χ4n) is 2.78. The highest BCUT2D eigenvalue weighted by molar-refractivity contribution is 7.15. The van der Waals surface area contributed by atoms with Crippen LogP contribution in [-0.2, 0) is 12.8 Å². The van der Waals surface area contributed by atoms with Crippen molar-refractivity contribution in [1.82, 2.24) is 9.38 Å². The Morgan fingerprint density at radius 3 is 3.26 bits per heavy atom. The largest absolute Gasteiger partial charge is 0.382 e. The second kappa shape index (κ2) is 4.38. The lowest BCUT2D eigenvalue weighted by Gasteiger charge is -2.26. The first kappa shape index (κ1) is 11.1. The molecule has 3 heterocycles. The molecule has 3 aromatic rings. The number of anilines is 1. The van der Waals surface area contributed by atoms with Crippen LogP contribution in [0.15, 0.2) is 42.0 Å². The Morgan fingerprint density at radius 1 is 1.37 bits per heavy atom. The molecular formula is C15H15N3S. The number of para-hydroxylation sites is 1. The molecule has 2 aromatic heterocycles. The van der Waals surface area contributed by atoms with Crippen LogP contribution in [0.5, 0.6) is 0 Å². The van der Waals surface area contributed by atoms with Crippen molar-refractivity contribution in [3.8, 4) is 0 Å². The molecule has 1 unspecified atom stereocenters. The molecule has 1 N–H and O–H groups in total. The van der Waals surface area contributed by atoms with Crippen molar-refractivity contribution >= 4 is 22.0 Å². The normalized spacial score (nSPS) is 18.2. The van der Waals surface area contributed by atoms with E-state index in [1.165, 1.54) is 23.4 Å². The van der Waals surface area contributed by atoms with Crippen LogP contribution in [0.25, 0.3) is 4.96 Å². The first-order chi connectivity index (χ1) is 9.38. The van der Waals surface area contributed by atoms with Gasteiger partial charge in [-0.05, 0) is 24.5 Å². The SMILES string of the molecule is c1ccc2c(c1)CCC(Cc1cn3ccsc3n1)N2. The summed E-state index contributed by atoms with van der Waals surface area (Å²) in [6.07, 6.45) is 7.56. The molecule has 0 aliphatic carbocycles. The fraction of sp³-hybridized carbons (Fsp3) is 0.267. The van der Waals surface area contributed by atoms with Crippen LogP contribution < -0.4 is 5.32 Å². The van der Waals surface area contributed by atoms with E-state index in [9.17, 15) is 0 Å². The standard InChI is InChI=1S/C15H15N3S/c1-2-4-14-11(3-1)5-6-12(16-14)9-13-10-18-7-8-19-15(18)17-13/h1-4,7-8,10,12,16H,5-6,9H2. The summed E-state index contributed by atoms with van der Waals surface area (Å²) in [6.45, 7) is 0. The number of nitrogens with zero attached hydrogens (tertiary/aromatic N) is 2. The van der Waals surface area contributed by atoms with E-state index in [0.717, 1.165) is 17.8 Å². The van der Waals surface area contributed by atoms with Gasteiger partial charge in [0, 0.05) is 35.9 Å². The van der Waals surface area contributed by atoms with Crippen LogP contribution in [0.4, 0.5) is 5.69 Å². The maximum Gasteiger partial charge on any atom is 0.193 e. The fourth-order valence-corrected chi connectivity index (χ4v) is 3.50. The van der Waals surface area contributed by atoms with E-state index in [2.05, 4.69) is 56.7 Å². The molecule has 0 spiro atoms. The molecule has 1 atom stereocenters. The summed E-state index contributed by atoms with van der Waals surface area (Å²) in [5.74, 6) is 0. The van der Waals surface area contributed by atoms with E-state index in [0.29, 0.717) is 6.04 Å². The van der Waals surface area contributed by atoms with Gasteiger partial charge in [-0.1, -0.05) is 18.2 Å². The zero-order valence-corrected chi connectivity index (χ0v) is 11.4. The van der Waals surface area contributed by atoms with Crippen molar-refractivity contribution in [3.05, 3.63) is 53.3 Å². The highest BCUT2D eigenvalue weighted by atomic mass is 32.1. The smallest absolute Gasteiger partial charge is 0.193 e. The molecule has 1 aliphatic rings. The van der Waals surface area contributed by atoms with E-state index in [1.807, 2.05) is 0 Å². The third kappa shape index (κ3) is 2.02. The maximum atomic E-state index is 4.66. The van der Waals surface area contributed by atoms with Crippen LogP contribution >= 0.6 is 11.3 Å². The summed E-state index contributed by atoms with van der Waals surface area (Å²) in [5.41, 5.74) is 3.91. The number of hydrogen-bond donors (Lipinski definition) is 1. The number of rotatable bonds is 2. The van der Waals surface area contributed by atoms with E-state index in [4.69, 9.17) is 0 Å². The third-order valence-electron chi connectivity index (χ3n) is 3.74. The summed E-state index contributed by atoms with van der Waals surface area (Å²) in [6, 6.07) is 9.10. The lowest BCUT2D eigenvalue weighted by molar-refractivity contribution is 0.622. The minimum atomic E-state index is 0.500. The van der Waals surface area contributed by atoms with Crippen molar-refractivity contribution < 1.29 is 0 Å². The van der Waals surface area contributed by atoms with Crippen molar-refractivity contribution in [2.24, 2.45) is 0 Å². The number of thiazole rings is 1. The molecule has 1 aromatic carbocycles. The highest BCUT2D eigenvalue weighted by Gasteiger charge is 2.18. The third-order valence-corrected chi connectivity index (χ3v) is 4.51. The molecule has 96 valence electrons. The Labute approximate surface area is 115 Å².